The third-order valence-corrected chi connectivity index (χ3v) is 10.5. The molecule has 0 aromatic heterocycles. The lowest BCUT2D eigenvalue weighted by Gasteiger charge is -2.32. The maximum atomic E-state index is 6.42. The summed E-state index contributed by atoms with van der Waals surface area (Å²) < 4.78 is 37.3. The monoisotopic (exact) mass is 803 g/mol. The van der Waals surface area contributed by atoms with E-state index < -0.39 is 0 Å². The minimum atomic E-state index is -0.301. The van der Waals surface area contributed by atoms with E-state index in [4.69, 9.17) is 28.4 Å². The molecule has 0 aliphatic heterocycles. The predicted octanol–water partition coefficient (Wildman–Crippen LogP) is 14.3. The van der Waals surface area contributed by atoms with Crippen LogP contribution in [0.1, 0.15) is 200 Å². The summed E-state index contributed by atoms with van der Waals surface area (Å²) >= 11 is 0. The Morgan fingerprint density at radius 1 is 0.397 bits per heavy atom. The zero-order chi connectivity index (χ0) is 44.4. The minimum absolute atomic E-state index is 0.0746. The van der Waals surface area contributed by atoms with Gasteiger partial charge in [0.05, 0.1) is 16.8 Å². The topological polar surface area (TPSA) is 55.4 Å². The summed E-state index contributed by atoms with van der Waals surface area (Å²) in [7, 11) is 0. The molecule has 58 heavy (non-hydrogen) atoms. The molecule has 3 aromatic carbocycles. The summed E-state index contributed by atoms with van der Waals surface area (Å²) in [6.07, 6.45) is 0.896. The molecule has 0 radical (unpaired) electrons. The predicted molar refractivity (Wildman–Crippen MR) is 244 cm³/mol. The van der Waals surface area contributed by atoms with Crippen LogP contribution in [0.4, 0.5) is 0 Å². The second kappa shape index (κ2) is 18.3. The highest BCUT2D eigenvalue weighted by Gasteiger charge is 2.31. The van der Waals surface area contributed by atoms with Crippen molar-refractivity contribution >= 4 is 0 Å². The van der Waals surface area contributed by atoms with Crippen LogP contribution in [0.15, 0.2) is 36.4 Å². The van der Waals surface area contributed by atoms with Crippen molar-refractivity contribution in [1.82, 2.24) is 0 Å². The molecule has 1 unspecified atom stereocenters. The van der Waals surface area contributed by atoms with Gasteiger partial charge in [-0.3, -0.25) is 0 Å². The molecule has 0 saturated heterocycles. The van der Waals surface area contributed by atoms with Crippen LogP contribution in [-0.2, 0) is 30.5 Å². The summed E-state index contributed by atoms with van der Waals surface area (Å²) in [5.41, 5.74) is 9.72. The van der Waals surface area contributed by atoms with Crippen LogP contribution >= 0.6 is 0 Å². The van der Waals surface area contributed by atoms with Crippen LogP contribution < -0.4 is 14.2 Å². The molecule has 0 aliphatic rings. The molecule has 6 nitrogen and oxygen atoms in total. The zero-order valence-electron chi connectivity index (χ0n) is 40.9. The SMILES string of the molecule is Cc1cc(OCOC(C)(C)C)c(C(C)(C)C)cc1C(C)CC(c1cc(C(C)(C)C)c(OCOC(C)(C)C)cc1C)c1cc(C(C)(C)C)c(OCOC(C)(C)C)cc1C. The molecule has 0 fully saturated rings. The first-order valence-corrected chi connectivity index (χ1v) is 21.4. The van der Waals surface area contributed by atoms with Crippen molar-refractivity contribution < 1.29 is 28.4 Å². The molecular weight excluding hydrogens is 721 g/mol. The van der Waals surface area contributed by atoms with Gasteiger partial charge in [-0.1, -0.05) is 87.4 Å². The first-order valence-electron chi connectivity index (χ1n) is 21.4. The van der Waals surface area contributed by atoms with Crippen molar-refractivity contribution in [2.45, 2.75) is 204 Å². The van der Waals surface area contributed by atoms with Gasteiger partial charge in [0.15, 0.2) is 20.4 Å². The lowest BCUT2D eigenvalue weighted by molar-refractivity contribution is -0.0768. The van der Waals surface area contributed by atoms with Crippen LogP contribution in [0.25, 0.3) is 0 Å². The van der Waals surface area contributed by atoms with Gasteiger partial charge in [0.1, 0.15) is 17.2 Å². The first kappa shape index (κ1) is 49.3. The summed E-state index contributed by atoms with van der Waals surface area (Å²) in [6.45, 7) is 48.5. The molecule has 0 amide bonds. The van der Waals surface area contributed by atoms with Crippen LogP contribution in [0, 0.1) is 20.8 Å². The second-order valence-electron chi connectivity index (χ2n) is 22.6. The standard InChI is InChI=1S/C52H82O6/c1-33(37-27-41(47(5,6)7)44(24-34(37)2)53-30-56-50(14,15)16)23-40(38-28-42(48(8,9)10)45(25-35(38)3)54-31-57-51(17,18)19)39-29-43(49(11,12)13)46(26-36(39)4)55-32-58-52(20,21)22/h24-29,33,40H,23,30-32H2,1-22H3. The summed E-state index contributed by atoms with van der Waals surface area (Å²) in [5, 5.41) is 0. The van der Waals surface area contributed by atoms with Gasteiger partial charge in [0.25, 0.3) is 0 Å². The Morgan fingerprint density at radius 2 is 0.655 bits per heavy atom. The number of hydrogen-bond acceptors (Lipinski definition) is 6. The van der Waals surface area contributed by atoms with Crippen molar-refractivity contribution in [1.29, 1.82) is 0 Å². The van der Waals surface area contributed by atoms with Gasteiger partial charge in [0, 0.05) is 5.92 Å². The quantitative estimate of drug-likeness (QED) is 0.151. The summed E-state index contributed by atoms with van der Waals surface area (Å²) in [6, 6.07) is 13.9. The summed E-state index contributed by atoms with van der Waals surface area (Å²) in [4.78, 5) is 0. The summed E-state index contributed by atoms with van der Waals surface area (Å²) in [5.74, 6) is 2.92. The van der Waals surface area contributed by atoms with Crippen LogP contribution in [0.2, 0.25) is 0 Å². The molecular formula is C52H82O6. The number of ether oxygens (including phenoxy) is 6. The molecule has 0 heterocycles. The average Bonchev–Trinajstić information content (AvgIpc) is 3.00. The maximum Gasteiger partial charge on any atom is 0.189 e. The average molecular weight is 803 g/mol. The van der Waals surface area contributed by atoms with E-state index in [0.29, 0.717) is 0 Å². The van der Waals surface area contributed by atoms with Crippen LogP contribution in [0.5, 0.6) is 17.2 Å². The van der Waals surface area contributed by atoms with Crippen molar-refractivity contribution in [2.75, 3.05) is 20.4 Å². The van der Waals surface area contributed by atoms with E-state index in [2.05, 4.69) is 189 Å². The van der Waals surface area contributed by atoms with Gasteiger partial charge >= 0.3 is 0 Å². The molecule has 3 aromatic rings. The first-order chi connectivity index (χ1) is 26.2. The smallest absolute Gasteiger partial charge is 0.189 e. The lowest BCUT2D eigenvalue weighted by atomic mass is 9.74. The van der Waals surface area contributed by atoms with Gasteiger partial charge in [0.2, 0.25) is 0 Å². The van der Waals surface area contributed by atoms with E-state index in [1.807, 2.05) is 0 Å². The largest absolute Gasteiger partial charge is 0.467 e. The fourth-order valence-electron chi connectivity index (χ4n) is 7.20. The Labute approximate surface area is 355 Å². The molecule has 0 N–H and O–H groups in total. The Bertz CT molecular complexity index is 1740. The highest BCUT2D eigenvalue weighted by Crippen LogP contribution is 2.46. The molecule has 0 spiro atoms. The third kappa shape index (κ3) is 14.3. The Balaban J connectivity index is 2.30. The van der Waals surface area contributed by atoms with Crippen LogP contribution in [0.3, 0.4) is 0 Å². The zero-order valence-corrected chi connectivity index (χ0v) is 40.9. The number of benzene rings is 3. The van der Waals surface area contributed by atoms with Gasteiger partial charge < -0.3 is 28.4 Å². The second-order valence-corrected chi connectivity index (χ2v) is 22.6. The van der Waals surface area contributed by atoms with Gasteiger partial charge in [-0.25, -0.2) is 0 Å². The Morgan fingerprint density at radius 3 is 0.914 bits per heavy atom. The van der Waals surface area contributed by atoms with E-state index in [9.17, 15) is 0 Å². The van der Waals surface area contributed by atoms with Gasteiger partial charge in [-0.05, 0) is 180 Å². The molecule has 0 bridgehead atoms. The van der Waals surface area contributed by atoms with Crippen molar-refractivity contribution in [3.05, 3.63) is 86.5 Å². The highest BCUT2D eigenvalue weighted by atomic mass is 16.7. The Kier molecular flexibility index (Phi) is 15.5. The van der Waals surface area contributed by atoms with Crippen molar-refractivity contribution in [2.24, 2.45) is 0 Å². The normalized spacial score (nSPS) is 13.9. The number of rotatable bonds is 14. The Hall–Kier alpha value is -3.06. The maximum absolute atomic E-state index is 6.42. The lowest BCUT2D eigenvalue weighted by Crippen LogP contribution is -2.24. The molecule has 1 atom stereocenters. The van der Waals surface area contributed by atoms with Gasteiger partial charge in [-0.15, -0.1) is 0 Å². The molecule has 0 saturated carbocycles. The molecule has 326 valence electrons. The highest BCUT2D eigenvalue weighted by molar-refractivity contribution is 5.54. The fourth-order valence-corrected chi connectivity index (χ4v) is 7.20. The van der Waals surface area contributed by atoms with Crippen molar-refractivity contribution in [3.8, 4) is 17.2 Å². The van der Waals surface area contributed by atoms with Crippen molar-refractivity contribution in [3.63, 3.8) is 0 Å². The third-order valence-electron chi connectivity index (χ3n) is 10.5. The van der Waals surface area contributed by atoms with Gasteiger partial charge in [-0.2, -0.15) is 0 Å². The van der Waals surface area contributed by atoms with Crippen LogP contribution in [-0.4, -0.2) is 37.2 Å². The van der Waals surface area contributed by atoms with E-state index in [0.717, 1.165) is 23.7 Å². The van der Waals surface area contributed by atoms with E-state index in [1.165, 1.54) is 50.1 Å². The molecule has 6 heteroatoms. The van der Waals surface area contributed by atoms with E-state index >= 15 is 0 Å². The van der Waals surface area contributed by atoms with E-state index in [1.54, 1.807) is 0 Å². The number of aryl methyl sites for hydroxylation is 3. The van der Waals surface area contributed by atoms with E-state index in [-0.39, 0.29) is 65.3 Å². The fraction of sp³-hybridized carbons (Fsp3) is 0.654. The molecule has 0 aliphatic carbocycles. The minimum Gasteiger partial charge on any atom is -0.467 e. The molecule has 3 rings (SSSR count). The number of hydrogen-bond donors (Lipinski definition) is 0.